The molecule has 1 N–H and O–H groups in total. The smallest absolute Gasteiger partial charge is 0.0242 e. The number of nitrogens with one attached hydrogen (secondary N) is 1. The minimum absolute atomic E-state index is 0.301. The van der Waals surface area contributed by atoms with Gasteiger partial charge in [0.1, 0.15) is 0 Å². The van der Waals surface area contributed by atoms with E-state index in [0.29, 0.717) is 5.41 Å². The highest BCUT2D eigenvalue weighted by Crippen LogP contribution is 2.32. The molecule has 3 rings (SSSR count). The summed E-state index contributed by atoms with van der Waals surface area (Å²) in [4.78, 5) is 0. The van der Waals surface area contributed by atoms with Gasteiger partial charge in [0.15, 0.2) is 0 Å². The van der Waals surface area contributed by atoms with E-state index >= 15 is 0 Å². The molecule has 2 aromatic rings. The van der Waals surface area contributed by atoms with Crippen LogP contribution in [0.2, 0.25) is 0 Å². The Morgan fingerprint density at radius 2 is 1.61 bits per heavy atom. The molecule has 1 aliphatic heterocycles. The summed E-state index contributed by atoms with van der Waals surface area (Å²) < 4.78 is 0. The van der Waals surface area contributed by atoms with Gasteiger partial charge in [-0.05, 0) is 24.5 Å². The zero-order valence-electron chi connectivity index (χ0n) is 10.8. The van der Waals surface area contributed by atoms with Crippen LogP contribution >= 0.6 is 0 Å². The number of benzene rings is 2. The second-order valence-electron chi connectivity index (χ2n) is 5.41. The van der Waals surface area contributed by atoms with Gasteiger partial charge in [-0.3, -0.25) is 0 Å². The predicted octanol–water partition coefficient (Wildman–Crippen LogP) is 3.08. The molecular weight excluding hydrogens is 218 g/mol. The molecule has 0 amide bonds. The molecule has 1 aliphatic rings. The van der Waals surface area contributed by atoms with Crippen LogP contribution in [0.15, 0.2) is 54.6 Å². The van der Waals surface area contributed by atoms with Crippen molar-refractivity contribution in [3.8, 4) is 0 Å². The van der Waals surface area contributed by atoms with E-state index in [-0.39, 0.29) is 0 Å². The van der Waals surface area contributed by atoms with Crippen LogP contribution in [0, 0.1) is 6.92 Å². The fourth-order valence-corrected chi connectivity index (χ4v) is 2.75. The maximum absolute atomic E-state index is 3.44. The van der Waals surface area contributed by atoms with E-state index in [0.717, 1.165) is 19.5 Å². The number of rotatable bonds is 3. The van der Waals surface area contributed by atoms with Crippen molar-refractivity contribution in [2.24, 2.45) is 0 Å². The number of aryl methyl sites for hydroxylation is 1. The Bertz CT molecular complexity index is 509. The minimum Gasteiger partial charge on any atom is -0.315 e. The third-order valence-electron chi connectivity index (χ3n) is 3.98. The van der Waals surface area contributed by atoms with Crippen LogP contribution < -0.4 is 5.32 Å². The first-order valence-corrected chi connectivity index (χ1v) is 6.60. The van der Waals surface area contributed by atoms with Gasteiger partial charge in [0.05, 0.1) is 0 Å². The molecule has 0 atom stereocenters. The number of hydrogen-bond donors (Lipinski definition) is 1. The molecule has 2 aromatic carbocycles. The molecule has 1 nitrogen and oxygen atoms in total. The van der Waals surface area contributed by atoms with Gasteiger partial charge in [0.2, 0.25) is 0 Å². The molecule has 0 aliphatic carbocycles. The molecule has 0 unspecified atom stereocenters. The lowest BCUT2D eigenvalue weighted by molar-refractivity contribution is 0.274. The summed E-state index contributed by atoms with van der Waals surface area (Å²) in [6, 6.07) is 19.8. The van der Waals surface area contributed by atoms with Crippen LogP contribution in [0.4, 0.5) is 0 Å². The Balaban J connectivity index is 1.88. The minimum atomic E-state index is 0.301. The monoisotopic (exact) mass is 237 g/mol. The molecule has 1 heterocycles. The van der Waals surface area contributed by atoms with Crippen LogP contribution in [0.1, 0.15) is 16.7 Å². The second kappa shape index (κ2) is 4.58. The van der Waals surface area contributed by atoms with Crippen molar-refractivity contribution in [1.82, 2.24) is 5.32 Å². The van der Waals surface area contributed by atoms with E-state index < -0.39 is 0 Å². The van der Waals surface area contributed by atoms with E-state index in [1.165, 1.54) is 16.7 Å². The zero-order valence-corrected chi connectivity index (χ0v) is 10.8. The highest BCUT2D eigenvalue weighted by molar-refractivity contribution is 5.35. The van der Waals surface area contributed by atoms with Crippen LogP contribution in [-0.2, 0) is 11.8 Å². The summed E-state index contributed by atoms with van der Waals surface area (Å²) in [6.07, 6.45) is 1.13. The Morgan fingerprint density at radius 3 is 2.17 bits per heavy atom. The highest BCUT2D eigenvalue weighted by atomic mass is 15.0. The fraction of sp³-hybridized carbons (Fsp3) is 0.294. The van der Waals surface area contributed by atoms with Crippen LogP contribution in [0.3, 0.4) is 0 Å². The van der Waals surface area contributed by atoms with Gasteiger partial charge >= 0.3 is 0 Å². The molecule has 1 heteroatoms. The Kier molecular flexibility index (Phi) is 2.92. The topological polar surface area (TPSA) is 12.0 Å². The molecule has 92 valence electrons. The lowest BCUT2D eigenvalue weighted by Crippen LogP contribution is -2.58. The average molecular weight is 237 g/mol. The lowest BCUT2D eigenvalue weighted by Gasteiger charge is -2.43. The zero-order chi connectivity index (χ0) is 12.4. The van der Waals surface area contributed by atoms with Gasteiger partial charge < -0.3 is 5.32 Å². The van der Waals surface area contributed by atoms with Crippen LogP contribution in [-0.4, -0.2) is 13.1 Å². The summed E-state index contributed by atoms with van der Waals surface area (Å²) in [5, 5.41) is 3.44. The van der Waals surface area contributed by atoms with Crippen LogP contribution in [0.5, 0.6) is 0 Å². The molecular formula is C17H19N. The average Bonchev–Trinajstić information content (AvgIpc) is 2.36. The van der Waals surface area contributed by atoms with Gasteiger partial charge in [-0.15, -0.1) is 0 Å². The first-order valence-electron chi connectivity index (χ1n) is 6.60. The molecule has 18 heavy (non-hydrogen) atoms. The third kappa shape index (κ3) is 2.06. The molecule has 0 aromatic heterocycles. The summed E-state index contributed by atoms with van der Waals surface area (Å²) in [5.74, 6) is 0. The number of hydrogen-bond acceptors (Lipinski definition) is 1. The van der Waals surface area contributed by atoms with Gasteiger partial charge in [0.25, 0.3) is 0 Å². The SMILES string of the molecule is Cc1ccc(C2(Cc3ccccc3)CNC2)cc1. The molecule has 1 fully saturated rings. The van der Waals surface area contributed by atoms with Crippen molar-refractivity contribution in [3.63, 3.8) is 0 Å². The van der Waals surface area contributed by atoms with E-state index in [4.69, 9.17) is 0 Å². The molecule has 1 saturated heterocycles. The Morgan fingerprint density at radius 1 is 0.944 bits per heavy atom. The Labute approximate surface area is 109 Å². The normalized spacial score (nSPS) is 17.2. The maximum atomic E-state index is 3.44. The quantitative estimate of drug-likeness (QED) is 0.865. The summed E-state index contributed by atoms with van der Waals surface area (Å²) in [7, 11) is 0. The summed E-state index contributed by atoms with van der Waals surface area (Å²) >= 11 is 0. The van der Waals surface area contributed by atoms with E-state index in [1.54, 1.807) is 0 Å². The highest BCUT2D eigenvalue weighted by Gasteiger charge is 2.38. The third-order valence-corrected chi connectivity index (χ3v) is 3.98. The predicted molar refractivity (Wildman–Crippen MR) is 75.9 cm³/mol. The second-order valence-corrected chi connectivity index (χ2v) is 5.41. The molecule has 0 saturated carbocycles. The van der Waals surface area contributed by atoms with Gasteiger partial charge in [-0.25, -0.2) is 0 Å². The van der Waals surface area contributed by atoms with Crippen molar-refractivity contribution in [3.05, 3.63) is 71.3 Å². The standard InChI is InChI=1S/C17H19N/c1-14-7-9-16(10-8-14)17(12-18-13-17)11-15-5-3-2-4-6-15/h2-10,18H,11-13H2,1H3. The van der Waals surface area contributed by atoms with Crippen LogP contribution in [0.25, 0.3) is 0 Å². The molecule has 0 radical (unpaired) electrons. The van der Waals surface area contributed by atoms with Crippen molar-refractivity contribution < 1.29 is 0 Å². The largest absolute Gasteiger partial charge is 0.315 e. The summed E-state index contributed by atoms with van der Waals surface area (Å²) in [6.45, 7) is 4.32. The van der Waals surface area contributed by atoms with Gasteiger partial charge in [0, 0.05) is 18.5 Å². The van der Waals surface area contributed by atoms with E-state index in [2.05, 4.69) is 66.8 Å². The van der Waals surface area contributed by atoms with E-state index in [9.17, 15) is 0 Å². The molecule has 0 bridgehead atoms. The van der Waals surface area contributed by atoms with Gasteiger partial charge in [-0.1, -0.05) is 60.2 Å². The van der Waals surface area contributed by atoms with Crippen molar-refractivity contribution in [2.75, 3.05) is 13.1 Å². The van der Waals surface area contributed by atoms with E-state index in [1.807, 2.05) is 0 Å². The first kappa shape index (κ1) is 11.5. The maximum Gasteiger partial charge on any atom is 0.0242 e. The van der Waals surface area contributed by atoms with Gasteiger partial charge in [-0.2, -0.15) is 0 Å². The fourth-order valence-electron chi connectivity index (χ4n) is 2.75. The first-order chi connectivity index (χ1) is 8.78. The Hall–Kier alpha value is -1.60. The lowest BCUT2D eigenvalue weighted by atomic mass is 9.71. The molecule has 0 spiro atoms. The van der Waals surface area contributed by atoms with Crippen molar-refractivity contribution in [1.29, 1.82) is 0 Å². The van der Waals surface area contributed by atoms with Crippen molar-refractivity contribution in [2.45, 2.75) is 18.8 Å². The van der Waals surface area contributed by atoms with Crippen molar-refractivity contribution >= 4 is 0 Å². The summed E-state index contributed by atoms with van der Waals surface area (Å²) in [5.41, 5.74) is 4.53.